The van der Waals surface area contributed by atoms with Crippen LogP contribution in [0.15, 0.2) is 48.7 Å². The van der Waals surface area contributed by atoms with Gasteiger partial charge < -0.3 is 15.5 Å². The predicted molar refractivity (Wildman–Crippen MR) is 90.4 cm³/mol. The Morgan fingerprint density at radius 2 is 2.00 bits per heavy atom. The van der Waals surface area contributed by atoms with Crippen molar-refractivity contribution < 1.29 is 15.0 Å². The Labute approximate surface area is 143 Å². The van der Waals surface area contributed by atoms with Gasteiger partial charge in [-0.05, 0) is 36.2 Å². The van der Waals surface area contributed by atoms with E-state index < -0.39 is 11.9 Å². The summed E-state index contributed by atoms with van der Waals surface area (Å²) in [6.07, 6.45) is 2.13. The molecular weight excluding hydrogens is 330 g/mol. The number of nitrogens with one attached hydrogen (secondary N) is 1. The molecule has 2 aromatic heterocycles. The largest absolute Gasteiger partial charge is 0.508 e. The Morgan fingerprint density at radius 3 is 2.71 bits per heavy atom. The average molecular weight is 346 g/mol. The number of hydrogen-bond acceptors (Lipinski definition) is 4. The summed E-state index contributed by atoms with van der Waals surface area (Å²) >= 11 is 6.08. The van der Waals surface area contributed by atoms with Crippen LogP contribution in [0.1, 0.15) is 16.1 Å². The summed E-state index contributed by atoms with van der Waals surface area (Å²) in [5.41, 5.74) is 1.69. The summed E-state index contributed by atoms with van der Waals surface area (Å²) in [4.78, 5) is 16.7. The first-order chi connectivity index (χ1) is 11.6. The number of aliphatic hydroxyl groups excluding tert-OH is 1. The highest BCUT2D eigenvalue weighted by atomic mass is 35.5. The molecule has 1 atom stereocenters. The van der Waals surface area contributed by atoms with Crippen LogP contribution in [-0.4, -0.2) is 38.2 Å². The third-order valence-electron chi connectivity index (χ3n) is 3.68. The van der Waals surface area contributed by atoms with E-state index in [4.69, 9.17) is 11.6 Å². The molecule has 1 amide bonds. The van der Waals surface area contributed by atoms with E-state index in [-0.39, 0.29) is 23.2 Å². The number of hydrogen-bond donors (Lipinski definition) is 3. The summed E-state index contributed by atoms with van der Waals surface area (Å²) in [6, 6.07) is 11.5. The first kappa shape index (κ1) is 16.3. The van der Waals surface area contributed by atoms with Gasteiger partial charge in [-0.1, -0.05) is 29.8 Å². The van der Waals surface area contributed by atoms with Crippen LogP contribution in [0.25, 0.3) is 5.65 Å². The lowest BCUT2D eigenvalue weighted by Gasteiger charge is -2.16. The van der Waals surface area contributed by atoms with E-state index in [1.54, 1.807) is 47.0 Å². The van der Waals surface area contributed by atoms with Crippen molar-refractivity contribution in [1.82, 2.24) is 14.7 Å². The number of pyridine rings is 1. The molecule has 0 bridgehead atoms. The van der Waals surface area contributed by atoms with E-state index in [0.717, 1.165) is 5.56 Å². The summed E-state index contributed by atoms with van der Waals surface area (Å²) in [6.45, 7) is -0.221. The van der Waals surface area contributed by atoms with Gasteiger partial charge in [-0.15, -0.1) is 0 Å². The Bertz CT molecular complexity index is 861. The lowest BCUT2D eigenvalue weighted by molar-refractivity contribution is 0.0910. The lowest BCUT2D eigenvalue weighted by atomic mass is 10.1. The molecule has 0 unspecified atom stereocenters. The van der Waals surface area contributed by atoms with Crippen molar-refractivity contribution in [1.29, 1.82) is 0 Å². The maximum atomic E-state index is 12.5. The van der Waals surface area contributed by atoms with Crippen LogP contribution in [0.4, 0.5) is 0 Å². The van der Waals surface area contributed by atoms with Crippen LogP contribution < -0.4 is 5.32 Å². The van der Waals surface area contributed by atoms with E-state index in [9.17, 15) is 15.0 Å². The van der Waals surface area contributed by atoms with Crippen LogP contribution in [0.3, 0.4) is 0 Å². The van der Waals surface area contributed by atoms with Gasteiger partial charge >= 0.3 is 0 Å². The minimum Gasteiger partial charge on any atom is -0.508 e. The number of aromatic hydroxyl groups is 1. The van der Waals surface area contributed by atoms with Crippen molar-refractivity contribution in [2.75, 3.05) is 6.61 Å². The van der Waals surface area contributed by atoms with E-state index in [1.807, 2.05) is 6.07 Å². The molecule has 3 N–H and O–H groups in total. The molecule has 6 nitrogen and oxygen atoms in total. The SMILES string of the molecule is O=C(N[C@H](CO)Cc1ccc(O)cc1)c1c(Cl)nc2ccccn12. The van der Waals surface area contributed by atoms with Crippen LogP contribution in [0, 0.1) is 0 Å². The van der Waals surface area contributed by atoms with Gasteiger partial charge in [0, 0.05) is 6.20 Å². The van der Waals surface area contributed by atoms with Crippen molar-refractivity contribution in [3.8, 4) is 5.75 Å². The number of aromatic nitrogens is 2. The third kappa shape index (κ3) is 3.34. The van der Waals surface area contributed by atoms with Crippen LogP contribution in [0.5, 0.6) is 5.75 Å². The van der Waals surface area contributed by atoms with E-state index in [2.05, 4.69) is 10.3 Å². The zero-order valence-corrected chi connectivity index (χ0v) is 13.4. The minimum absolute atomic E-state index is 0.111. The second-order valence-electron chi connectivity index (χ2n) is 5.40. The normalized spacial score (nSPS) is 12.2. The number of aliphatic hydroxyl groups is 1. The van der Waals surface area contributed by atoms with Crippen LogP contribution in [-0.2, 0) is 6.42 Å². The highest BCUT2D eigenvalue weighted by Crippen LogP contribution is 2.18. The summed E-state index contributed by atoms with van der Waals surface area (Å²) in [7, 11) is 0. The van der Waals surface area contributed by atoms with Crippen LogP contribution >= 0.6 is 11.6 Å². The number of benzene rings is 1. The van der Waals surface area contributed by atoms with Gasteiger partial charge in [0.05, 0.1) is 12.6 Å². The summed E-state index contributed by atoms with van der Waals surface area (Å²) < 4.78 is 1.60. The Balaban J connectivity index is 1.78. The first-order valence-electron chi connectivity index (χ1n) is 7.40. The number of carbonyl (C=O) groups is 1. The maximum Gasteiger partial charge on any atom is 0.271 e. The fourth-order valence-corrected chi connectivity index (χ4v) is 2.77. The van der Waals surface area contributed by atoms with E-state index in [1.165, 1.54) is 0 Å². The van der Waals surface area contributed by atoms with Gasteiger partial charge in [0.15, 0.2) is 10.8 Å². The van der Waals surface area contributed by atoms with Gasteiger partial charge in [-0.2, -0.15) is 0 Å². The average Bonchev–Trinajstić information content (AvgIpc) is 2.92. The molecule has 0 aliphatic carbocycles. The standard InChI is InChI=1S/C17H16ClN3O3/c18-16-15(21-8-2-1-3-14(21)20-16)17(24)19-12(10-22)9-11-4-6-13(23)7-5-11/h1-8,12,22-23H,9-10H2,(H,19,24)/t12-/m0/s1. The summed E-state index contributed by atoms with van der Waals surface area (Å²) in [5.74, 6) is -0.239. The second kappa shape index (κ2) is 6.90. The Hall–Kier alpha value is -2.57. The zero-order valence-electron chi connectivity index (χ0n) is 12.7. The van der Waals surface area contributed by atoms with Crippen molar-refractivity contribution in [3.63, 3.8) is 0 Å². The molecule has 0 saturated carbocycles. The quantitative estimate of drug-likeness (QED) is 0.660. The molecule has 0 fully saturated rings. The third-order valence-corrected chi connectivity index (χ3v) is 3.94. The number of amides is 1. The number of carbonyl (C=O) groups excluding carboxylic acids is 1. The molecule has 0 saturated heterocycles. The molecule has 2 heterocycles. The molecule has 0 aliphatic heterocycles. The number of imidazole rings is 1. The van der Waals surface area contributed by atoms with Crippen molar-refractivity contribution in [2.45, 2.75) is 12.5 Å². The monoisotopic (exact) mass is 345 g/mol. The topological polar surface area (TPSA) is 86.9 Å². The lowest BCUT2D eigenvalue weighted by Crippen LogP contribution is -2.39. The zero-order chi connectivity index (χ0) is 17.1. The molecule has 7 heteroatoms. The molecule has 0 radical (unpaired) electrons. The number of halogens is 1. The second-order valence-corrected chi connectivity index (χ2v) is 5.76. The first-order valence-corrected chi connectivity index (χ1v) is 7.78. The molecule has 3 rings (SSSR count). The van der Waals surface area contributed by atoms with Crippen molar-refractivity contribution >= 4 is 23.2 Å². The number of nitrogens with zero attached hydrogens (tertiary/aromatic N) is 2. The van der Waals surface area contributed by atoms with Gasteiger partial charge in [0.2, 0.25) is 0 Å². The number of fused-ring (bicyclic) bond motifs is 1. The molecular formula is C17H16ClN3O3. The summed E-state index contributed by atoms with van der Waals surface area (Å²) in [5, 5.41) is 21.7. The number of phenols is 1. The molecule has 1 aromatic carbocycles. The minimum atomic E-state index is -0.479. The van der Waals surface area contributed by atoms with E-state index >= 15 is 0 Å². The fraction of sp³-hybridized carbons (Fsp3) is 0.176. The van der Waals surface area contributed by atoms with Crippen molar-refractivity contribution in [2.24, 2.45) is 0 Å². The highest BCUT2D eigenvalue weighted by molar-refractivity contribution is 6.32. The number of rotatable bonds is 5. The van der Waals surface area contributed by atoms with Crippen LogP contribution in [0.2, 0.25) is 5.15 Å². The smallest absolute Gasteiger partial charge is 0.271 e. The Morgan fingerprint density at radius 1 is 1.25 bits per heavy atom. The van der Waals surface area contributed by atoms with E-state index in [0.29, 0.717) is 12.1 Å². The molecule has 3 aromatic rings. The Kier molecular flexibility index (Phi) is 4.69. The molecule has 24 heavy (non-hydrogen) atoms. The van der Waals surface area contributed by atoms with Gasteiger partial charge in [-0.25, -0.2) is 4.98 Å². The number of phenolic OH excluding ortho intramolecular Hbond substituents is 1. The molecule has 124 valence electrons. The van der Waals surface area contributed by atoms with Crippen molar-refractivity contribution in [3.05, 3.63) is 65.1 Å². The predicted octanol–water partition coefficient (Wildman–Crippen LogP) is 2.03. The fourth-order valence-electron chi connectivity index (χ4n) is 2.50. The van der Waals surface area contributed by atoms with Gasteiger partial charge in [0.1, 0.15) is 11.4 Å². The molecule has 0 spiro atoms. The molecule has 0 aliphatic rings. The maximum absolute atomic E-state index is 12.5. The van der Waals surface area contributed by atoms with Gasteiger partial charge in [0.25, 0.3) is 5.91 Å². The van der Waals surface area contributed by atoms with Gasteiger partial charge in [-0.3, -0.25) is 9.20 Å². The highest BCUT2D eigenvalue weighted by Gasteiger charge is 2.20.